The molecule has 2 saturated carbocycles. The van der Waals surface area contributed by atoms with E-state index in [4.69, 9.17) is 9.47 Å². The zero-order valence-corrected chi connectivity index (χ0v) is 12.7. The molecule has 114 valence electrons. The van der Waals surface area contributed by atoms with Gasteiger partial charge in [-0.3, -0.25) is 4.79 Å². The molecule has 0 aromatic heterocycles. The van der Waals surface area contributed by atoms with E-state index in [-0.39, 0.29) is 5.91 Å². The molecule has 4 nitrogen and oxygen atoms in total. The first-order valence-corrected chi connectivity index (χ1v) is 7.71. The number of hydrogen-bond donors (Lipinski definition) is 1. The lowest BCUT2D eigenvalue weighted by atomic mass is 9.86. The number of benzene rings is 1. The predicted molar refractivity (Wildman–Crippen MR) is 81.7 cm³/mol. The molecule has 0 spiro atoms. The summed E-state index contributed by atoms with van der Waals surface area (Å²) in [6, 6.07) is 5.44. The third kappa shape index (κ3) is 3.14. The average Bonchev–Trinajstić information content (AvgIpc) is 3.09. The maximum absolute atomic E-state index is 12.3. The van der Waals surface area contributed by atoms with Gasteiger partial charge in [0.1, 0.15) is 11.5 Å². The highest BCUT2D eigenvalue weighted by Crippen LogP contribution is 2.49. The second-order valence-electron chi connectivity index (χ2n) is 6.29. The molecule has 1 aromatic carbocycles. The van der Waals surface area contributed by atoms with Crippen molar-refractivity contribution < 1.29 is 14.3 Å². The standard InChI is InChI=1S/C17H23NO3/c1-20-15-8-14(9-16(10-15)21-2)18-17(19)7-13-6-11-3-4-12(13)5-11/h8-13H,3-7H2,1-2H3,(H,18,19)/t11-,12-,13-/m1/s1. The zero-order valence-electron chi connectivity index (χ0n) is 12.7. The Hall–Kier alpha value is -1.71. The lowest BCUT2D eigenvalue weighted by Crippen LogP contribution is -2.20. The van der Waals surface area contributed by atoms with E-state index in [9.17, 15) is 4.79 Å². The van der Waals surface area contributed by atoms with Crippen LogP contribution in [0.5, 0.6) is 11.5 Å². The SMILES string of the molecule is COc1cc(NC(=O)C[C@H]2C[C@@H]3CC[C@@H]2C3)cc(OC)c1. The molecule has 0 radical (unpaired) electrons. The molecule has 3 rings (SSSR count). The molecular formula is C17H23NO3. The van der Waals surface area contributed by atoms with Gasteiger partial charge in [-0.05, 0) is 37.0 Å². The third-order valence-corrected chi connectivity index (χ3v) is 4.97. The topological polar surface area (TPSA) is 47.6 Å². The predicted octanol–water partition coefficient (Wildman–Crippen LogP) is 3.47. The normalized spacial score (nSPS) is 26.7. The molecule has 2 bridgehead atoms. The number of fused-ring (bicyclic) bond motifs is 2. The monoisotopic (exact) mass is 289 g/mol. The summed E-state index contributed by atoms with van der Waals surface area (Å²) in [4.78, 5) is 12.3. The largest absolute Gasteiger partial charge is 0.497 e. The Morgan fingerprint density at radius 1 is 1.14 bits per heavy atom. The highest BCUT2D eigenvalue weighted by Gasteiger charge is 2.40. The van der Waals surface area contributed by atoms with Crippen LogP contribution in [0.4, 0.5) is 5.69 Å². The quantitative estimate of drug-likeness (QED) is 0.903. The van der Waals surface area contributed by atoms with Gasteiger partial charge < -0.3 is 14.8 Å². The van der Waals surface area contributed by atoms with Crippen LogP contribution in [-0.4, -0.2) is 20.1 Å². The van der Waals surface area contributed by atoms with Crippen LogP contribution in [0.25, 0.3) is 0 Å². The van der Waals surface area contributed by atoms with Crippen LogP contribution in [0.3, 0.4) is 0 Å². The second-order valence-corrected chi connectivity index (χ2v) is 6.29. The summed E-state index contributed by atoms with van der Waals surface area (Å²) in [5.74, 6) is 3.71. The van der Waals surface area contributed by atoms with Crippen LogP contribution in [0.2, 0.25) is 0 Å². The molecule has 2 fully saturated rings. The molecular weight excluding hydrogens is 266 g/mol. The minimum Gasteiger partial charge on any atom is -0.497 e. The number of nitrogens with one attached hydrogen (secondary N) is 1. The number of hydrogen-bond acceptors (Lipinski definition) is 3. The molecule has 2 aliphatic carbocycles. The van der Waals surface area contributed by atoms with Gasteiger partial charge in [-0.1, -0.05) is 6.42 Å². The Balaban J connectivity index is 1.61. The van der Waals surface area contributed by atoms with Crippen LogP contribution in [0.15, 0.2) is 18.2 Å². The van der Waals surface area contributed by atoms with E-state index >= 15 is 0 Å². The molecule has 0 unspecified atom stereocenters. The highest BCUT2D eigenvalue weighted by atomic mass is 16.5. The fraction of sp³-hybridized carbons (Fsp3) is 0.588. The first kappa shape index (κ1) is 14.2. The van der Waals surface area contributed by atoms with Crippen molar-refractivity contribution in [3.05, 3.63) is 18.2 Å². The van der Waals surface area contributed by atoms with Gasteiger partial charge >= 0.3 is 0 Å². The van der Waals surface area contributed by atoms with Gasteiger partial charge in [-0.15, -0.1) is 0 Å². The Morgan fingerprint density at radius 3 is 2.38 bits per heavy atom. The lowest BCUT2D eigenvalue weighted by molar-refractivity contribution is -0.117. The maximum atomic E-state index is 12.3. The fourth-order valence-electron chi connectivity index (χ4n) is 3.96. The third-order valence-electron chi connectivity index (χ3n) is 4.97. The first-order chi connectivity index (χ1) is 10.2. The van der Waals surface area contributed by atoms with Gasteiger partial charge in [-0.25, -0.2) is 0 Å². The van der Waals surface area contributed by atoms with Gasteiger partial charge in [0.15, 0.2) is 0 Å². The van der Waals surface area contributed by atoms with E-state index in [1.165, 1.54) is 25.7 Å². The second kappa shape index (κ2) is 5.96. The molecule has 0 aliphatic heterocycles. The summed E-state index contributed by atoms with van der Waals surface area (Å²) in [5, 5.41) is 2.98. The zero-order chi connectivity index (χ0) is 14.8. The molecule has 2 aliphatic rings. The van der Waals surface area contributed by atoms with Crippen LogP contribution >= 0.6 is 0 Å². The van der Waals surface area contributed by atoms with E-state index in [1.807, 2.05) is 12.1 Å². The molecule has 4 heteroatoms. The summed E-state index contributed by atoms with van der Waals surface area (Å²) in [6.07, 6.45) is 5.90. The van der Waals surface area contributed by atoms with Gasteiger partial charge in [0, 0.05) is 30.3 Å². The number of rotatable bonds is 5. The Bertz CT molecular complexity index is 507. The molecule has 21 heavy (non-hydrogen) atoms. The lowest BCUT2D eigenvalue weighted by Gasteiger charge is -2.21. The van der Waals surface area contributed by atoms with Crippen molar-refractivity contribution in [1.29, 1.82) is 0 Å². The van der Waals surface area contributed by atoms with Crippen molar-refractivity contribution in [3.8, 4) is 11.5 Å². The van der Waals surface area contributed by atoms with E-state index in [0.29, 0.717) is 23.8 Å². The smallest absolute Gasteiger partial charge is 0.224 e. The number of ether oxygens (including phenoxy) is 2. The van der Waals surface area contributed by atoms with Crippen LogP contribution < -0.4 is 14.8 Å². The summed E-state index contributed by atoms with van der Waals surface area (Å²) in [5.41, 5.74) is 0.736. The number of methoxy groups -OCH3 is 2. The Morgan fingerprint density at radius 2 is 1.86 bits per heavy atom. The van der Waals surface area contributed by atoms with E-state index in [2.05, 4.69) is 5.32 Å². The molecule has 1 aromatic rings. The van der Waals surface area contributed by atoms with E-state index < -0.39 is 0 Å². The minimum atomic E-state index is 0.0999. The van der Waals surface area contributed by atoms with Crippen LogP contribution in [-0.2, 0) is 4.79 Å². The van der Waals surface area contributed by atoms with E-state index in [0.717, 1.165) is 17.5 Å². The van der Waals surface area contributed by atoms with Crippen LogP contribution in [0.1, 0.15) is 32.1 Å². The van der Waals surface area contributed by atoms with Crippen molar-refractivity contribution in [2.75, 3.05) is 19.5 Å². The first-order valence-electron chi connectivity index (χ1n) is 7.71. The molecule has 0 saturated heterocycles. The van der Waals surface area contributed by atoms with Crippen molar-refractivity contribution in [3.63, 3.8) is 0 Å². The number of carbonyl (C=O) groups excluding carboxylic acids is 1. The molecule has 0 heterocycles. The van der Waals surface area contributed by atoms with E-state index in [1.54, 1.807) is 20.3 Å². The summed E-state index contributed by atoms with van der Waals surface area (Å²) in [7, 11) is 3.21. The van der Waals surface area contributed by atoms with Crippen molar-refractivity contribution in [2.45, 2.75) is 32.1 Å². The Kier molecular flexibility index (Phi) is 4.04. The Labute approximate surface area is 125 Å². The summed E-state index contributed by atoms with van der Waals surface area (Å²) < 4.78 is 10.4. The number of carbonyl (C=O) groups is 1. The highest BCUT2D eigenvalue weighted by molar-refractivity contribution is 5.91. The molecule has 3 atom stereocenters. The summed E-state index contributed by atoms with van der Waals surface area (Å²) in [6.45, 7) is 0. The van der Waals surface area contributed by atoms with Gasteiger partial charge in [0.05, 0.1) is 14.2 Å². The maximum Gasteiger partial charge on any atom is 0.224 e. The minimum absolute atomic E-state index is 0.0999. The van der Waals surface area contributed by atoms with Gasteiger partial charge in [0.25, 0.3) is 0 Å². The number of anilines is 1. The number of amides is 1. The van der Waals surface area contributed by atoms with Crippen LogP contribution in [0, 0.1) is 17.8 Å². The molecule has 1 N–H and O–H groups in total. The van der Waals surface area contributed by atoms with Gasteiger partial charge in [-0.2, -0.15) is 0 Å². The summed E-state index contributed by atoms with van der Waals surface area (Å²) >= 11 is 0. The van der Waals surface area contributed by atoms with Crippen molar-refractivity contribution in [1.82, 2.24) is 0 Å². The van der Waals surface area contributed by atoms with Crippen molar-refractivity contribution >= 4 is 11.6 Å². The average molecular weight is 289 g/mol. The fourth-order valence-corrected chi connectivity index (χ4v) is 3.96. The van der Waals surface area contributed by atoms with Crippen molar-refractivity contribution in [2.24, 2.45) is 17.8 Å². The molecule has 1 amide bonds. The van der Waals surface area contributed by atoms with Gasteiger partial charge in [0.2, 0.25) is 5.91 Å².